The summed E-state index contributed by atoms with van der Waals surface area (Å²) in [5.41, 5.74) is 0. The molecular formula is C12H19N7OS. The number of nitrogens with one attached hydrogen (secondary N) is 2. The zero-order chi connectivity index (χ0) is 15.2. The smallest absolute Gasteiger partial charge is 0.241 e. The van der Waals surface area contributed by atoms with Crippen LogP contribution in [0, 0.1) is 0 Å². The topological polar surface area (TPSA) is 97.6 Å². The number of hydrogen-bond donors (Lipinski definition) is 2. The summed E-state index contributed by atoms with van der Waals surface area (Å²) < 4.78 is 13.0. The van der Waals surface area contributed by atoms with Gasteiger partial charge in [-0.3, -0.25) is 8.78 Å². The van der Waals surface area contributed by atoms with Gasteiger partial charge in [-0.05, 0) is 6.42 Å². The molecule has 0 spiro atoms. The van der Waals surface area contributed by atoms with Gasteiger partial charge < -0.3 is 10.6 Å². The highest BCUT2D eigenvalue weighted by molar-refractivity contribution is 7.84. The van der Waals surface area contributed by atoms with Crippen molar-refractivity contribution in [3.63, 3.8) is 0 Å². The summed E-state index contributed by atoms with van der Waals surface area (Å²) in [6.45, 7) is 2.61. The minimum Gasteiger partial charge on any atom is -0.357 e. The number of nitrogens with zero attached hydrogens (tertiary/aromatic N) is 5. The van der Waals surface area contributed by atoms with E-state index in [1.165, 1.54) is 0 Å². The summed E-state index contributed by atoms with van der Waals surface area (Å²) >= 11 is 0. The van der Waals surface area contributed by atoms with Gasteiger partial charge in [0.05, 0.1) is 0 Å². The first-order valence-corrected chi connectivity index (χ1v) is 8.20. The van der Waals surface area contributed by atoms with Crippen molar-refractivity contribution in [2.24, 2.45) is 0 Å². The predicted molar refractivity (Wildman–Crippen MR) is 83.1 cm³/mol. The summed E-state index contributed by atoms with van der Waals surface area (Å²) in [4.78, 5) is 16.8. The molecule has 8 nitrogen and oxygen atoms in total. The van der Waals surface area contributed by atoms with Gasteiger partial charge in [-0.1, -0.05) is 6.92 Å². The molecule has 2 rings (SSSR count). The molecule has 0 aromatic carbocycles. The summed E-state index contributed by atoms with van der Waals surface area (Å²) in [6, 6.07) is 0. The lowest BCUT2D eigenvalue weighted by Crippen LogP contribution is -2.17. The van der Waals surface area contributed by atoms with Crippen molar-refractivity contribution in [1.82, 2.24) is 24.5 Å². The van der Waals surface area contributed by atoms with E-state index in [1.54, 1.807) is 36.6 Å². The van der Waals surface area contributed by atoms with Crippen LogP contribution in [-0.4, -0.2) is 53.8 Å². The Hall–Kier alpha value is -2.03. The SMILES string of the molecule is CNc1nc(NCCC(C)S(C)=O)nc(-n2ccnc2)n1. The number of aromatic nitrogens is 5. The maximum Gasteiger partial charge on any atom is 0.241 e. The molecular weight excluding hydrogens is 290 g/mol. The largest absolute Gasteiger partial charge is 0.357 e. The highest BCUT2D eigenvalue weighted by Crippen LogP contribution is 2.09. The first-order chi connectivity index (χ1) is 10.1. The van der Waals surface area contributed by atoms with E-state index in [0.29, 0.717) is 24.4 Å². The Kier molecular flexibility index (Phi) is 5.20. The Morgan fingerprint density at radius 1 is 1.33 bits per heavy atom. The molecule has 2 N–H and O–H groups in total. The van der Waals surface area contributed by atoms with E-state index in [-0.39, 0.29) is 5.25 Å². The van der Waals surface area contributed by atoms with Crippen molar-refractivity contribution in [1.29, 1.82) is 0 Å². The van der Waals surface area contributed by atoms with E-state index in [1.807, 2.05) is 6.92 Å². The van der Waals surface area contributed by atoms with E-state index in [0.717, 1.165) is 6.42 Å². The molecule has 114 valence electrons. The van der Waals surface area contributed by atoms with Crippen molar-refractivity contribution in [2.75, 3.05) is 30.5 Å². The van der Waals surface area contributed by atoms with Crippen LogP contribution in [0.25, 0.3) is 5.95 Å². The monoisotopic (exact) mass is 309 g/mol. The van der Waals surface area contributed by atoms with Crippen molar-refractivity contribution in [3.05, 3.63) is 18.7 Å². The molecule has 0 radical (unpaired) electrons. The highest BCUT2D eigenvalue weighted by Gasteiger charge is 2.09. The number of rotatable bonds is 7. The predicted octanol–water partition coefficient (Wildman–Crippen LogP) is 0.668. The molecule has 2 atom stereocenters. The molecule has 0 saturated heterocycles. The van der Waals surface area contributed by atoms with Crippen LogP contribution in [0.1, 0.15) is 13.3 Å². The second kappa shape index (κ2) is 7.11. The molecule has 0 saturated carbocycles. The van der Waals surface area contributed by atoms with Gasteiger partial charge in [0.2, 0.25) is 17.8 Å². The van der Waals surface area contributed by atoms with Crippen LogP contribution >= 0.6 is 0 Å². The third-order valence-electron chi connectivity index (χ3n) is 2.98. The molecule has 21 heavy (non-hydrogen) atoms. The van der Waals surface area contributed by atoms with Crippen molar-refractivity contribution >= 4 is 22.7 Å². The molecule has 0 aliphatic rings. The zero-order valence-electron chi connectivity index (χ0n) is 12.3. The molecule has 9 heteroatoms. The average molecular weight is 309 g/mol. The van der Waals surface area contributed by atoms with Crippen LogP contribution in [0.4, 0.5) is 11.9 Å². The van der Waals surface area contributed by atoms with E-state index >= 15 is 0 Å². The molecule has 0 aliphatic heterocycles. The van der Waals surface area contributed by atoms with Gasteiger partial charge >= 0.3 is 0 Å². The molecule has 0 bridgehead atoms. The Bertz CT molecular complexity index is 602. The number of anilines is 2. The average Bonchev–Trinajstić information content (AvgIpc) is 3.01. The van der Waals surface area contributed by atoms with Crippen LogP contribution < -0.4 is 10.6 Å². The normalized spacial score (nSPS) is 13.7. The maximum absolute atomic E-state index is 11.3. The molecule has 0 aliphatic carbocycles. The lowest BCUT2D eigenvalue weighted by Gasteiger charge is -2.11. The summed E-state index contributed by atoms with van der Waals surface area (Å²) in [5.74, 6) is 1.44. The van der Waals surface area contributed by atoms with Crippen LogP contribution in [-0.2, 0) is 10.8 Å². The lowest BCUT2D eigenvalue weighted by molar-refractivity contribution is 0.672. The van der Waals surface area contributed by atoms with Crippen molar-refractivity contribution < 1.29 is 4.21 Å². The second-order valence-corrected chi connectivity index (χ2v) is 6.33. The summed E-state index contributed by atoms with van der Waals surface area (Å²) in [5, 5.41) is 6.18. The first-order valence-electron chi connectivity index (χ1n) is 6.58. The van der Waals surface area contributed by atoms with Gasteiger partial charge in [0.1, 0.15) is 6.33 Å². The Morgan fingerprint density at radius 2 is 2.10 bits per heavy atom. The zero-order valence-corrected chi connectivity index (χ0v) is 13.1. The minimum atomic E-state index is -0.821. The van der Waals surface area contributed by atoms with Gasteiger partial charge in [0.15, 0.2) is 0 Å². The fraction of sp³-hybridized carbons (Fsp3) is 0.500. The van der Waals surface area contributed by atoms with Gasteiger partial charge in [0, 0.05) is 48.3 Å². The quantitative estimate of drug-likeness (QED) is 0.775. The van der Waals surface area contributed by atoms with E-state index in [2.05, 4.69) is 30.6 Å². The molecule has 2 heterocycles. The fourth-order valence-corrected chi connectivity index (χ4v) is 2.05. The Balaban J connectivity index is 2.09. The van der Waals surface area contributed by atoms with Gasteiger partial charge in [0.25, 0.3) is 0 Å². The molecule has 0 amide bonds. The van der Waals surface area contributed by atoms with Crippen LogP contribution in [0.3, 0.4) is 0 Å². The Morgan fingerprint density at radius 3 is 2.71 bits per heavy atom. The molecule has 2 aromatic rings. The minimum absolute atomic E-state index is 0.135. The van der Waals surface area contributed by atoms with Gasteiger partial charge in [-0.15, -0.1) is 0 Å². The third kappa shape index (κ3) is 4.22. The maximum atomic E-state index is 11.3. The van der Waals surface area contributed by atoms with E-state index < -0.39 is 10.8 Å². The van der Waals surface area contributed by atoms with E-state index in [9.17, 15) is 4.21 Å². The highest BCUT2D eigenvalue weighted by atomic mass is 32.2. The number of hydrogen-bond acceptors (Lipinski definition) is 7. The number of imidazole rings is 1. The third-order valence-corrected chi connectivity index (χ3v) is 4.35. The van der Waals surface area contributed by atoms with E-state index in [4.69, 9.17) is 0 Å². The van der Waals surface area contributed by atoms with Gasteiger partial charge in [-0.25, -0.2) is 4.98 Å². The first kappa shape index (κ1) is 15.4. The van der Waals surface area contributed by atoms with Crippen LogP contribution in [0.2, 0.25) is 0 Å². The fourth-order valence-electron chi connectivity index (χ4n) is 1.60. The summed E-state index contributed by atoms with van der Waals surface area (Å²) in [7, 11) is 0.928. The second-order valence-electron chi connectivity index (χ2n) is 4.53. The standard InChI is InChI=1S/C12H19N7OS/c1-9(21(3)20)4-5-15-11-16-10(13-2)17-12(18-11)19-7-6-14-8-19/h6-9H,4-5H2,1-3H3,(H2,13,15,16,17,18). The van der Waals surface area contributed by atoms with Crippen molar-refractivity contribution in [2.45, 2.75) is 18.6 Å². The molecule has 2 aromatic heterocycles. The van der Waals surface area contributed by atoms with Crippen molar-refractivity contribution in [3.8, 4) is 5.95 Å². The van der Waals surface area contributed by atoms with Gasteiger partial charge in [-0.2, -0.15) is 15.0 Å². The van der Waals surface area contributed by atoms with Crippen LogP contribution in [0.15, 0.2) is 18.7 Å². The Labute approximate surface area is 125 Å². The molecule has 0 fully saturated rings. The molecule has 2 unspecified atom stereocenters. The summed E-state index contributed by atoms with van der Waals surface area (Å²) in [6.07, 6.45) is 7.55. The lowest BCUT2D eigenvalue weighted by atomic mass is 10.3. The van der Waals surface area contributed by atoms with Crippen LogP contribution in [0.5, 0.6) is 0 Å².